The van der Waals surface area contributed by atoms with Crippen molar-refractivity contribution in [1.82, 2.24) is 15.0 Å². The summed E-state index contributed by atoms with van der Waals surface area (Å²) in [6.07, 6.45) is 1.37. The molecule has 0 radical (unpaired) electrons. The molecule has 20 heavy (non-hydrogen) atoms. The van der Waals surface area contributed by atoms with Crippen LogP contribution >= 0.6 is 15.9 Å². The molecule has 0 saturated heterocycles. The Morgan fingerprint density at radius 1 is 1.35 bits per heavy atom. The first kappa shape index (κ1) is 12.7. The fourth-order valence-electron chi connectivity index (χ4n) is 1.90. The second kappa shape index (κ2) is 4.68. The van der Waals surface area contributed by atoms with Gasteiger partial charge in [-0.15, -0.1) is 0 Å². The number of hydrogen-bond donors (Lipinski definition) is 2. The maximum absolute atomic E-state index is 13.5. The lowest BCUT2D eigenvalue weighted by Gasteiger charge is -2.01. The van der Waals surface area contributed by atoms with Crippen LogP contribution in [0.4, 0.5) is 4.39 Å². The van der Waals surface area contributed by atoms with Crippen molar-refractivity contribution in [3.8, 4) is 11.4 Å². The smallest absolute Gasteiger partial charge is 0.338 e. The molecule has 0 spiro atoms. The van der Waals surface area contributed by atoms with Crippen LogP contribution in [-0.4, -0.2) is 26.0 Å². The highest BCUT2D eigenvalue weighted by molar-refractivity contribution is 9.10. The largest absolute Gasteiger partial charge is 0.478 e. The molecule has 100 valence electrons. The predicted octanol–water partition coefficient (Wildman–Crippen LogP) is 3.22. The van der Waals surface area contributed by atoms with E-state index in [1.54, 1.807) is 12.1 Å². The summed E-state index contributed by atoms with van der Waals surface area (Å²) in [7, 11) is 0. The molecule has 0 fully saturated rings. The molecule has 0 aliphatic rings. The van der Waals surface area contributed by atoms with Crippen molar-refractivity contribution >= 4 is 33.1 Å². The van der Waals surface area contributed by atoms with Crippen molar-refractivity contribution in [3.63, 3.8) is 0 Å². The van der Waals surface area contributed by atoms with Gasteiger partial charge in [-0.05, 0) is 34.1 Å². The van der Waals surface area contributed by atoms with Gasteiger partial charge in [0.05, 0.1) is 15.6 Å². The highest BCUT2D eigenvalue weighted by Gasteiger charge is 2.16. The second-order valence-electron chi connectivity index (χ2n) is 4.05. The minimum atomic E-state index is -1.08. The van der Waals surface area contributed by atoms with E-state index in [4.69, 9.17) is 5.11 Å². The van der Waals surface area contributed by atoms with Crippen LogP contribution in [0.25, 0.3) is 22.6 Å². The van der Waals surface area contributed by atoms with Gasteiger partial charge in [0.1, 0.15) is 11.6 Å². The maximum Gasteiger partial charge on any atom is 0.338 e. The maximum atomic E-state index is 13.5. The Kier molecular flexibility index (Phi) is 2.98. The molecule has 0 amide bonds. The van der Waals surface area contributed by atoms with Gasteiger partial charge in [-0.1, -0.05) is 6.07 Å². The number of aromatic carboxylic acids is 1. The van der Waals surface area contributed by atoms with E-state index in [9.17, 15) is 9.18 Å². The molecular formula is C13H7BrFN3O2. The zero-order valence-electron chi connectivity index (χ0n) is 9.89. The fourth-order valence-corrected chi connectivity index (χ4v) is 2.36. The molecule has 2 heterocycles. The van der Waals surface area contributed by atoms with Crippen LogP contribution in [0, 0.1) is 5.82 Å². The third kappa shape index (κ3) is 1.96. The van der Waals surface area contributed by atoms with Crippen molar-refractivity contribution in [1.29, 1.82) is 0 Å². The minimum absolute atomic E-state index is 0.0706. The molecule has 2 N–H and O–H groups in total. The van der Waals surface area contributed by atoms with Crippen molar-refractivity contribution < 1.29 is 14.3 Å². The standard InChI is InChI=1S/C13H7BrFN3O2/c14-9-6(2-1-3-8(9)15)11-17-10-7(13(19)20)4-5-16-12(10)18-11/h1-5H,(H,19,20)(H,16,17,18). The third-order valence-electron chi connectivity index (χ3n) is 2.83. The normalized spacial score (nSPS) is 10.9. The van der Waals surface area contributed by atoms with E-state index in [2.05, 4.69) is 30.9 Å². The van der Waals surface area contributed by atoms with Crippen LogP contribution in [0.2, 0.25) is 0 Å². The van der Waals surface area contributed by atoms with Gasteiger partial charge in [-0.3, -0.25) is 0 Å². The molecule has 0 aliphatic heterocycles. The Bertz CT molecular complexity index is 832. The first-order valence-corrected chi connectivity index (χ1v) is 6.39. The molecule has 5 nitrogen and oxygen atoms in total. The summed E-state index contributed by atoms with van der Waals surface area (Å²) in [5, 5.41) is 9.12. The van der Waals surface area contributed by atoms with Gasteiger partial charge in [0.25, 0.3) is 0 Å². The molecule has 1 aromatic carbocycles. The van der Waals surface area contributed by atoms with Crippen molar-refractivity contribution in [2.75, 3.05) is 0 Å². The van der Waals surface area contributed by atoms with Gasteiger partial charge in [0.15, 0.2) is 5.65 Å². The van der Waals surface area contributed by atoms with E-state index in [1.807, 2.05) is 0 Å². The van der Waals surface area contributed by atoms with E-state index in [1.165, 1.54) is 18.3 Å². The number of halogens is 2. The van der Waals surface area contributed by atoms with E-state index in [0.29, 0.717) is 16.9 Å². The van der Waals surface area contributed by atoms with Crippen molar-refractivity contribution in [2.24, 2.45) is 0 Å². The van der Waals surface area contributed by atoms with Gasteiger partial charge in [-0.2, -0.15) is 0 Å². The van der Waals surface area contributed by atoms with Crippen LogP contribution in [0.3, 0.4) is 0 Å². The van der Waals surface area contributed by atoms with E-state index >= 15 is 0 Å². The number of rotatable bonds is 2. The third-order valence-corrected chi connectivity index (χ3v) is 3.64. The molecule has 0 atom stereocenters. The molecule has 3 aromatic rings. The molecule has 0 saturated carbocycles. The van der Waals surface area contributed by atoms with Gasteiger partial charge >= 0.3 is 5.97 Å². The highest BCUT2D eigenvalue weighted by atomic mass is 79.9. The Hall–Kier alpha value is -2.28. The highest BCUT2D eigenvalue weighted by Crippen LogP contribution is 2.30. The SMILES string of the molecule is O=C(O)c1ccnc2nc(-c3cccc(F)c3Br)[nH]c12. The van der Waals surface area contributed by atoms with Crippen LogP contribution in [0.1, 0.15) is 10.4 Å². The number of benzene rings is 1. The monoisotopic (exact) mass is 335 g/mol. The van der Waals surface area contributed by atoms with Crippen molar-refractivity contribution in [2.45, 2.75) is 0 Å². The average Bonchev–Trinajstić information content (AvgIpc) is 2.84. The first-order chi connectivity index (χ1) is 9.58. The summed E-state index contributed by atoms with van der Waals surface area (Å²) in [6.45, 7) is 0. The first-order valence-electron chi connectivity index (χ1n) is 5.60. The zero-order valence-corrected chi connectivity index (χ0v) is 11.5. The summed E-state index contributed by atoms with van der Waals surface area (Å²) < 4.78 is 13.8. The number of carbonyl (C=O) groups is 1. The lowest BCUT2D eigenvalue weighted by atomic mass is 10.2. The number of H-pyrrole nitrogens is 1. The van der Waals surface area contributed by atoms with E-state index < -0.39 is 11.8 Å². The Balaban J connectivity index is 2.26. The number of nitrogens with one attached hydrogen (secondary N) is 1. The summed E-state index contributed by atoms with van der Waals surface area (Å²) in [6, 6.07) is 5.92. The lowest BCUT2D eigenvalue weighted by molar-refractivity contribution is 0.0698. The van der Waals surface area contributed by atoms with E-state index in [-0.39, 0.29) is 15.7 Å². The second-order valence-corrected chi connectivity index (χ2v) is 4.84. The van der Waals surface area contributed by atoms with Gasteiger partial charge in [-0.25, -0.2) is 19.2 Å². The van der Waals surface area contributed by atoms with Gasteiger partial charge in [0, 0.05) is 11.8 Å². The molecule has 0 bridgehead atoms. The van der Waals surface area contributed by atoms with E-state index in [0.717, 1.165) is 0 Å². The van der Waals surface area contributed by atoms with Crippen LogP contribution in [-0.2, 0) is 0 Å². The molecule has 7 heteroatoms. The van der Waals surface area contributed by atoms with Crippen LogP contribution in [0.15, 0.2) is 34.9 Å². The zero-order chi connectivity index (χ0) is 14.3. The quantitative estimate of drug-likeness (QED) is 0.753. The molecular weight excluding hydrogens is 329 g/mol. The predicted molar refractivity (Wildman–Crippen MR) is 73.9 cm³/mol. The number of pyridine rings is 1. The summed E-state index contributed by atoms with van der Waals surface area (Å²) in [5.41, 5.74) is 1.16. The number of imidazole rings is 1. The van der Waals surface area contributed by atoms with Crippen LogP contribution in [0.5, 0.6) is 0 Å². The minimum Gasteiger partial charge on any atom is -0.478 e. The summed E-state index contributed by atoms with van der Waals surface area (Å²) in [5.74, 6) is -1.15. The topological polar surface area (TPSA) is 78.9 Å². The lowest BCUT2D eigenvalue weighted by Crippen LogP contribution is -1.97. The van der Waals surface area contributed by atoms with Crippen molar-refractivity contribution in [3.05, 3.63) is 46.3 Å². The Labute approximate surface area is 120 Å². The molecule has 0 aliphatic carbocycles. The fraction of sp³-hybridized carbons (Fsp3) is 0. The van der Waals surface area contributed by atoms with Gasteiger partial charge in [0.2, 0.25) is 0 Å². The number of aromatic amines is 1. The summed E-state index contributed by atoms with van der Waals surface area (Å²) in [4.78, 5) is 22.2. The Morgan fingerprint density at radius 2 is 2.15 bits per heavy atom. The number of nitrogens with zero attached hydrogens (tertiary/aromatic N) is 2. The molecule has 3 rings (SSSR count). The Morgan fingerprint density at radius 3 is 2.90 bits per heavy atom. The number of fused-ring (bicyclic) bond motifs is 1. The molecule has 2 aromatic heterocycles. The van der Waals surface area contributed by atoms with Gasteiger partial charge < -0.3 is 10.1 Å². The number of aromatic nitrogens is 3. The number of carboxylic acids is 1. The van der Waals surface area contributed by atoms with Crippen LogP contribution < -0.4 is 0 Å². The molecule has 0 unspecified atom stereocenters. The summed E-state index contributed by atoms with van der Waals surface area (Å²) >= 11 is 3.15. The average molecular weight is 336 g/mol. The number of carboxylic acid groups (broad SMARTS) is 1. The number of hydrogen-bond acceptors (Lipinski definition) is 3.